The van der Waals surface area contributed by atoms with E-state index in [0.29, 0.717) is 13.1 Å². The summed E-state index contributed by atoms with van der Waals surface area (Å²) in [6.45, 7) is 0.974. The first-order chi connectivity index (χ1) is 17.9. The number of carbonyl (C=O) groups excluding carboxylic acids is 2. The Morgan fingerprint density at radius 2 is 1.13 bits per heavy atom. The van der Waals surface area contributed by atoms with E-state index in [9.17, 15) is 9.59 Å². The summed E-state index contributed by atoms with van der Waals surface area (Å²) in [7, 11) is 0. The maximum Gasteiger partial charge on any atom is 0.302 e. The fraction of sp³-hybridized carbons (Fsp3) is 0.400. The Morgan fingerprint density at radius 1 is 0.737 bits per heavy atom. The van der Waals surface area contributed by atoms with Gasteiger partial charge in [0.15, 0.2) is 56.9 Å². The molecule has 2 heterocycles. The van der Waals surface area contributed by atoms with Gasteiger partial charge in [-0.3, -0.25) is 9.59 Å². The number of hydrogen-bond donors (Lipinski definition) is 8. The van der Waals surface area contributed by atoms with Gasteiger partial charge in [0.05, 0.1) is 0 Å². The molecule has 1 saturated carbocycles. The van der Waals surface area contributed by atoms with Crippen LogP contribution in [0.5, 0.6) is 0 Å². The molecule has 204 valence electrons. The third-order valence-corrected chi connectivity index (χ3v) is 6.25. The fourth-order valence-corrected chi connectivity index (χ4v) is 4.13. The lowest BCUT2D eigenvalue weighted by Gasteiger charge is -2.29. The van der Waals surface area contributed by atoms with Crippen LogP contribution in [-0.2, 0) is 0 Å². The summed E-state index contributed by atoms with van der Waals surface area (Å²) in [5, 5.41) is 5.57. The van der Waals surface area contributed by atoms with Gasteiger partial charge in [0, 0.05) is 13.1 Å². The van der Waals surface area contributed by atoms with Crippen molar-refractivity contribution in [2.75, 3.05) is 36.0 Å². The van der Waals surface area contributed by atoms with E-state index >= 15 is 0 Å². The standard InChI is InChI=1S/C20H28Cl2N14O2/c21-11-15(25)33-13(23)9(31-11)17(37)35-19(27)29-5-7-2-1-3-8(4-7)6-30-20(28)36-18(38)10-14(24)34-16(26)12(22)32-10/h7-8H,1-6H2,(H4,23,25,33)(H4,24,26,34)(H3,27,29,35,37)(H3,28,30,36,38). The fourth-order valence-electron chi connectivity index (χ4n) is 3.87. The topological polar surface area (TPSA) is 291 Å². The summed E-state index contributed by atoms with van der Waals surface area (Å²) in [6, 6.07) is 0. The lowest BCUT2D eigenvalue weighted by Crippen LogP contribution is -2.40. The number of aliphatic imine (C=N–C) groups is 2. The maximum absolute atomic E-state index is 12.3. The Bertz CT molecular complexity index is 1190. The van der Waals surface area contributed by atoms with Crippen molar-refractivity contribution in [2.24, 2.45) is 33.3 Å². The van der Waals surface area contributed by atoms with Crippen molar-refractivity contribution in [3.63, 3.8) is 0 Å². The number of hydrogen-bond acceptors (Lipinski definition) is 10. The van der Waals surface area contributed by atoms with Crippen molar-refractivity contribution in [2.45, 2.75) is 25.7 Å². The van der Waals surface area contributed by atoms with Crippen LogP contribution in [0, 0.1) is 11.8 Å². The second kappa shape index (κ2) is 12.4. The van der Waals surface area contributed by atoms with Gasteiger partial charge >= 0.3 is 11.8 Å². The zero-order valence-corrected chi connectivity index (χ0v) is 21.6. The van der Waals surface area contributed by atoms with Crippen molar-refractivity contribution in [3.05, 3.63) is 21.7 Å². The minimum absolute atomic E-state index is 0.0931. The van der Waals surface area contributed by atoms with Crippen molar-refractivity contribution in [1.29, 1.82) is 0 Å². The van der Waals surface area contributed by atoms with Crippen molar-refractivity contribution in [3.8, 4) is 0 Å². The Morgan fingerprint density at radius 3 is 1.53 bits per heavy atom. The summed E-state index contributed by atoms with van der Waals surface area (Å²) in [5.74, 6) is -1.87. The largest absolute Gasteiger partial charge is 0.382 e. The molecule has 2 aromatic heterocycles. The summed E-state index contributed by atoms with van der Waals surface area (Å²) < 4.78 is 0. The van der Waals surface area contributed by atoms with Gasteiger partial charge in [-0.25, -0.2) is 19.9 Å². The number of nitrogen functional groups attached to an aromatic ring is 4. The molecule has 18 heteroatoms. The van der Waals surface area contributed by atoms with Gasteiger partial charge < -0.3 is 45.0 Å². The molecule has 3 rings (SSSR count). The highest BCUT2D eigenvalue weighted by atomic mass is 35.5. The molecule has 0 bridgehead atoms. The van der Waals surface area contributed by atoms with Gasteiger partial charge in [0.1, 0.15) is 0 Å². The van der Waals surface area contributed by atoms with Gasteiger partial charge in [-0.15, -0.1) is 0 Å². The van der Waals surface area contributed by atoms with Crippen LogP contribution in [0.1, 0.15) is 46.7 Å². The molecule has 1 aliphatic carbocycles. The Labute approximate surface area is 227 Å². The predicted molar refractivity (Wildman–Crippen MR) is 145 cm³/mol. The van der Waals surface area contributed by atoms with Crippen molar-refractivity contribution in [1.82, 2.24) is 30.6 Å². The molecule has 2 atom stereocenters. The number of anilines is 4. The molecule has 0 radical (unpaired) electrons. The van der Waals surface area contributed by atoms with E-state index in [4.69, 9.17) is 57.6 Å². The van der Waals surface area contributed by atoms with Crippen LogP contribution in [0.4, 0.5) is 23.3 Å². The Kier molecular flexibility index (Phi) is 9.25. The molecule has 2 aromatic rings. The number of carbonyl (C=O) groups is 2. The lowest BCUT2D eigenvalue weighted by atomic mass is 9.81. The number of amides is 2. The van der Waals surface area contributed by atoms with E-state index in [1.165, 1.54) is 0 Å². The highest BCUT2D eigenvalue weighted by molar-refractivity contribution is 6.32. The van der Waals surface area contributed by atoms with E-state index in [-0.39, 0.29) is 68.7 Å². The van der Waals surface area contributed by atoms with Crippen LogP contribution in [0.25, 0.3) is 0 Å². The maximum atomic E-state index is 12.3. The quantitative estimate of drug-likeness (QED) is 0.161. The summed E-state index contributed by atoms with van der Waals surface area (Å²) in [6.07, 6.45) is 3.71. The van der Waals surface area contributed by atoms with Gasteiger partial charge in [-0.1, -0.05) is 29.6 Å². The third-order valence-electron chi connectivity index (χ3n) is 5.69. The van der Waals surface area contributed by atoms with Crippen molar-refractivity contribution >= 4 is 70.2 Å². The van der Waals surface area contributed by atoms with Crippen LogP contribution >= 0.6 is 23.2 Å². The van der Waals surface area contributed by atoms with Crippen LogP contribution in [0.15, 0.2) is 9.98 Å². The minimum atomic E-state index is -0.800. The number of nitrogens with one attached hydrogen (secondary N) is 2. The molecule has 0 aromatic carbocycles. The van der Waals surface area contributed by atoms with Crippen LogP contribution in [0.3, 0.4) is 0 Å². The first-order valence-corrected chi connectivity index (χ1v) is 12.1. The number of nitrogens with zero attached hydrogens (tertiary/aromatic N) is 6. The normalized spacial score (nSPS) is 18.2. The monoisotopic (exact) mass is 566 g/mol. The number of aromatic nitrogens is 4. The second-order valence-electron chi connectivity index (χ2n) is 8.53. The Hall–Kier alpha value is -4.18. The first kappa shape index (κ1) is 28.4. The highest BCUT2D eigenvalue weighted by Crippen LogP contribution is 2.28. The Balaban J connectivity index is 1.50. The molecular formula is C20H28Cl2N14O2. The van der Waals surface area contributed by atoms with E-state index in [1.54, 1.807) is 0 Å². The van der Waals surface area contributed by atoms with Gasteiger partial charge in [-0.05, 0) is 31.1 Å². The third kappa shape index (κ3) is 7.42. The number of nitrogens with two attached hydrogens (primary N) is 6. The molecule has 38 heavy (non-hydrogen) atoms. The summed E-state index contributed by atoms with van der Waals surface area (Å²) >= 11 is 11.6. The average Bonchev–Trinajstić information content (AvgIpc) is 2.86. The van der Waals surface area contributed by atoms with Crippen LogP contribution in [0.2, 0.25) is 10.3 Å². The summed E-state index contributed by atoms with van der Waals surface area (Å²) in [4.78, 5) is 47.3. The molecule has 2 unspecified atom stereocenters. The van der Waals surface area contributed by atoms with Gasteiger partial charge in [0.2, 0.25) is 0 Å². The van der Waals surface area contributed by atoms with E-state index in [1.807, 2.05) is 0 Å². The first-order valence-electron chi connectivity index (χ1n) is 11.4. The highest BCUT2D eigenvalue weighted by Gasteiger charge is 2.23. The number of halogens is 2. The van der Waals surface area contributed by atoms with E-state index in [2.05, 4.69) is 40.6 Å². The zero-order chi connectivity index (χ0) is 28.0. The number of rotatable bonds is 6. The molecule has 1 fully saturated rings. The smallest absolute Gasteiger partial charge is 0.302 e. The molecule has 2 amide bonds. The van der Waals surface area contributed by atoms with Crippen molar-refractivity contribution < 1.29 is 9.59 Å². The predicted octanol–water partition coefficient (Wildman–Crippen LogP) is -0.502. The molecular weight excluding hydrogens is 539 g/mol. The molecule has 0 aliphatic heterocycles. The molecule has 0 saturated heterocycles. The zero-order valence-electron chi connectivity index (χ0n) is 20.1. The minimum Gasteiger partial charge on any atom is -0.382 e. The van der Waals surface area contributed by atoms with Gasteiger partial charge in [-0.2, -0.15) is 9.98 Å². The van der Waals surface area contributed by atoms with E-state index < -0.39 is 11.8 Å². The average molecular weight is 567 g/mol. The summed E-state index contributed by atoms with van der Waals surface area (Å²) in [5.41, 5.74) is 33.6. The SMILES string of the molecule is N/C(=N\C(=O)c1nc(Cl)c(N)nc1N)NCC1CCCC(CN/C(N)=N/C(=O)c2nc(Cl)c(N)nc2N)C1. The molecule has 14 N–H and O–H groups in total. The van der Waals surface area contributed by atoms with Crippen LogP contribution in [-0.4, -0.2) is 56.8 Å². The lowest BCUT2D eigenvalue weighted by molar-refractivity contribution is 0.0990. The van der Waals surface area contributed by atoms with Gasteiger partial charge in [0.25, 0.3) is 0 Å². The second-order valence-corrected chi connectivity index (χ2v) is 9.25. The van der Waals surface area contributed by atoms with E-state index in [0.717, 1.165) is 25.7 Å². The van der Waals surface area contributed by atoms with Crippen LogP contribution < -0.4 is 45.0 Å². The molecule has 16 nitrogen and oxygen atoms in total. The molecule has 0 spiro atoms. The number of guanidine groups is 2. The molecule has 1 aliphatic rings.